The van der Waals surface area contributed by atoms with Crippen molar-refractivity contribution in [1.82, 2.24) is 5.32 Å². The minimum absolute atomic E-state index is 0.234. The van der Waals surface area contributed by atoms with Crippen molar-refractivity contribution in [2.45, 2.75) is 40.2 Å². The number of nitrogens with two attached hydrogens (primary N) is 1. The third kappa shape index (κ3) is 5.33. The highest BCUT2D eigenvalue weighted by atomic mass is 16.5. The van der Waals surface area contributed by atoms with Crippen LogP contribution in [0.3, 0.4) is 0 Å². The maximum Gasteiger partial charge on any atom is 0.318 e. The first kappa shape index (κ1) is 15.4. The number of urea groups is 1. The van der Waals surface area contributed by atoms with E-state index in [1.165, 1.54) is 0 Å². The van der Waals surface area contributed by atoms with Crippen LogP contribution in [0.15, 0.2) is 0 Å². The van der Waals surface area contributed by atoms with Crippen molar-refractivity contribution in [2.24, 2.45) is 17.6 Å². The summed E-state index contributed by atoms with van der Waals surface area (Å²) >= 11 is 0. The number of ether oxygens (including phenoxy) is 1. The summed E-state index contributed by atoms with van der Waals surface area (Å²) in [7, 11) is 0. The molecule has 0 rings (SSSR count). The van der Waals surface area contributed by atoms with Gasteiger partial charge in [0.05, 0.1) is 5.92 Å². The van der Waals surface area contributed by atoms with Crippen molar-refractivity contribution in [3.8, 4) is 0 Å². The number of hydrogen-bond acceptors (Lipinski definition) is 4. The molecule has 3 amide bonds. The molecule has 2 atom stereocenters. The van der Waals surface area contributed by atoms with Gasteiger partial charge in [0, 0.05) is 0 Å². The highest BCUT2D eigenvalue weighted by molar-refractivity contribution is 5.96. The monoisotopic (exact) mass is 244 g/mol. The summed E-state index contributed by atoms with van der Waals surface area (Å²) in [6.07, 6.45) is -0.370. The fourth-order valence-corrected chi connectivity index (χ4v) is 1.09. The topological polar surface area (TPSA) is 98.5 Å². The molecule has 6 heteroatoms. The third-order valence-electron chi connectivity index (χ3n) is 2.37. The van der Waals surface area contributed by atoms with Gasteiger partial charge in [0.25, 0.3) is 5.91 Å². The lowest BCUT2D eigenvalue weighted by Gasteiger charge is -2.21. The molecule has 0 aliphatic heterocycles. The molecule has 0 bridgehead atoms. The van der Waals surface area contributed by atoms with E-state index in [-0.39, 0.29) is 11.8 Å². The van der Waals surface area contributed by atoms with E-state index in [1.54, 1.807) is 20.8 Å². The van der Waals surface area contributed by atoms with Gasteiger partial charge in [-0.2, -0.15) is 0 Å². The van der Waals surface area contributed by atoms with Crippen molar-refractivity contribution in [1.29, 1.82) is 0 Å². The van der Waals surface area contributed by atoms with Crippen LogP contribution in [0.2, 0.25) is 0 Å². The Morgan fingerprint density at radius 2 is 1.76 bits per heavy atom. The van der Waals surface area contributed by atoms with Crippen molar-refractivity contribution in [3.05, 3.63) is 0 Å². The quantitative estimate of drug-likeness (QED) is 0.698. The molecule has 3 N–H and O–H groups in total. The summed E-state index contributed by atoms with van der Waals surface area (Å²) in [6, 6.07) is -0.958. The van der Waals surface area contributed by atoms with Gasteiger partial charge >= 0.3 is 12.0 Å². The first-order chi connectivity index (χ1) is 7.79. The Balaban J connectivity index is 4.59. The van der Waals surface area contributed by atoms with Crippen LogP contribution in [0.1, 0.15) is 34.1 Å². The van der Waals surface area contributed by atoms with E-state index in [9.17, 15) is 14.4 Å². The second-order valence-corrected chi connectivity index (χ2v) is 4.26. The molecule has 0 spiro atoms. The Bertz CT molecular complexity index is 302. The molecule has 0 fully saturated rings. The summed E-state index contributed by atoms with van der Waals surface area (Å²) in [5.74, 6) is -1.66. The van der Waals surface area contributed by atoms with E-state index in [0.717, 1.165) is 0 Å². The number of nitrogens with one attached hydrogen (secondary N) is 1. The molecule has 0 aliphatic carbocycles. The molecule has 0 saturated heterocycles. The maximum atomic E-state index is 11.6. The average Bonchev–Trinajstić information content (AvgIpc) is 2.22. The van der Waals surface area contributed by atoms with Crippen LogP contribution in [0, 0.1) is 11.8 Å². The molecule has 6 nitrogen and oxygen atoms in total. The summed E-state index contributed by atoms with van der Waals surface area (Å²) < 4.78 is 5.07. The molecule has 0 heterocycles. The second-order valence-electron chi connectivity index (χ2n) is 4.26. The van der Waals surface area contributed by atoms with Crippen LogP contribution < -0.4 is 11.1 Å². The minimum Gasteiger partial charge on any atom is -0.452 e. The highest BCUT2D eigenvalue weighted by Crippen LogP contribution is 2.12. The van der Waals surface area contributed by atoms with Gasteiger partial charge in [-0.3, -0.25) is 14.9 Å². The van der Waals surface area contributed by atoms with Crippen LogP contribution in [0.5, 0.6) is 0 Å². The molecule has 0 aliphatic rings. The van der Waals surface area contributed by atoms with Crippen molar-refractivity contribution < 1.29 is 19.1 Å². The standard InChI is InChI=1S/C11H20N2O4/c1-5-7(4)10(15)17-8(6(2)3)9(14)13-11(12)16/h6-8H,5H2,1-4H3,(H3,12,13,14,16)/t7-,8+/m0/s1. The maximum absolute atomic E-state index is 11.6. The fraction of sp³-hybridized carbons (Fsp3) is 0.727. The van der Waals surface area contributed by atoms with Crippen LogP contribution in [0.4, 0.5) is 4.79 Å². The van der Waals surface area contributed by atoms with Gasteiger partial charge in [-0.15, -0.1) is 0 Å². The molecule has 0 radical (unpaired) electrons. The molecule has 17 heavy (non-hydrogen) atoms. The van der Waals surface area contributed by atoms with E-state index in [0.29, 0.717) is 6.42 Å². The average molecular weight is 244 g/mol. The van der Waals surface area contributed by atoms with Crippen LogP contribution in [-0.2, 0) is 14.3 Å². The zero-order valence-corrected chi connectivity index (χ0v) is 10.6. The lowest BCUT2D eigenvalue weighted by Crippen LogP contribution is -2.46. The Labute approximate surface area is 101 Å². The van der Waals surface area contributed by atoms with Crippen molar-refractivity contribution in [3.63, 3.8) is 0 Å². The van der Waals surface area contributed by atoms with Gasteiger partial charge in [-0.25, -0.2) is 4.79 Å². The first-order valence-corrected chi connectivity index (χ1v) is 5.60. The number of carbonyl (C=O) groups excluding carboxylic acids is 3. The van der Waals surface area contributed by atoms with Crippen LogP contribution >= 0.6 is 0 Å². The zero-order chi connectivity index (χ0) is 13.6. The Morgan fingerprint density at radius 1 is 1.24 bits per heavy atom. The number of esters is 1. The van der Waals surface area contributed by atoms with Gasteiger partial charge in [-0.1, -0.05) is 27.7 Å². The Kier molecular flexibility index (Phi) is 6.23. The minimum atomic E-state index is -0.996. The SMILES string of the molecule is CC[C@H](C)C(=O)O[C@@H](C(=O)NC(N)=O)C(C)C. The number of rotatable bonds is 5. The number of amides is 3. The van der Waals surface area contributed by atoms with Gasteiger partial charge in [-0.05, 0) is 12.3 Å². The number of carbonyl (C=O) groups is 3. The molecule has 0 aromatic rings. The molecular formula is C11H20N2O4. The van der Waals surface area contributed by atoms with Gasteiger partial charge in [0.2, 0.25) is 0 Å². The fourth-order valence-electron chi connectivity index (χ4n) is 1.09. The zero-order valence-electron chi connectivity index (χ0n) is 10.6. The van der Waals surface area contributed by atoms with Gasteiger partial charge in [0.1, 0.15) is 0 Å². The van der Waals surface area contributed by atoms with Gasteiger partial charge in [0.15, 0.2) is 6.10 Å². The summed E-state index contributed by atoms with van der Waals surface area (Å²) in [6.45, 7) is 7.00. The Hall–Kier alpha value is -1.59. The van der Waals surface area contributed by atoms with E-state index >= 15 is 0 Å². The third-order valence-corrected chi connectivity index (χ3v) is 2.37. The van der Waals surface area contributed by atoms with Crippen LogP contribution in [-0.4, -0.2) is 24.0 Å². The summed E-state index contributed by atoms with van der Waals surface area (Å²) in [5, 5.41) is 1.91. The summed E-state index contributed by atoms with van der Waals surface area (Å²) in [5.41, 5.74) is 4.84. The predicted octanol–water partition coefficient (Wildman–Crippen LogP) is 0.795. The normalized spacial score (nSPS) is 13.9. The lowest BCUT2D eigenvalue weighted by atomic mass is 10.1. The molecule has 0 aromatic carbocycles. The smallest absolute Gasteiger partial charge is 0.318 e. The largest absolute Gasteiger partial charge is 0.452 e. The molecule has 0 unspecified atom stereocenters. The predicted molar refractivity (Wildman–Crippen MR) is 61.9 cm³/mol. The van der Waals surface area contributed by atoms with Crippen LogP contribution in [0.25, 0.3) is 0 Å². The summed E-state index contributed by atoms with van der Waals surface area (Å²) in [4.78, 5) is 33.7. The first-order valence-electron chi connectivity index (χ1n) is 5.60. The lowest BCUT2D eigenvalue weighted by molar-refractivity contribution is -0.161. The van der Waals surface area contributed by atoms with Crippen molar-refractivity contribution in [2.75, 3.05) is 0 Å². The molecular weight excluding hydrogens is 224 g/mol. The molecule has 98 valence electrons. The number of hydrogen-bond donors (Lipinski definition) is 2. The van der Waals surface area contributed by atoms with Gasteiger partial charge < -0.3 is 10.5 Å². The highest BCUT2D eigenvalue weighted by Gasteiger charge is 2.28. The Morgan fingerprint density at radius 3 is 2.12 bits per heavy atom. The number of primary amides is 1. The molecule has 0 saturated carbocycles. The second kappa shape index (κ2) is 6.88. The van der Waals surface area contributed by atoms with E-state index in [4.69, 9.17) is 10.5 Å². The van der Waals surface area contributed by atoms with Crippen molar-refractivity contribution >= 4 is 17.9 Å². The molecule has 0 aromatic heterocycles. The van der Waals surface area contributed by atoms with E-state index in [1.807, 2.05) is 12.2 Å². The van der Waals surface area contributed by atoms with E-state index in [2.05, 4.69) is 0 Å². The number of imide groups is 1. The van der Waals surface area contributed by atoms with E-state index < -0.39 is 24.0 Å².